The van der Waals surface area contributed by atoms with Crippen molar-refractivity contribution in [2.24, 2.45) is 11.7 Å². The summed E-state index contributed by atoms with van der Waals surface area (Å²) in [5.74, 6) is -0.263. The van der Waals surface area contributed by atoms with Crippen molar-refractivity contribution in [3.63, 3.8) is 0 Å². The van der Waals surface area contributed by atoms with Crippen LogP contribution in [0.25, 0.3) is 0 Å². The summed E-state index contributed by atoms with van der Waals surface area (Å²) >= 11 is 0. The van der Waals surface area contributed by atoms with Gasteiger partial charge in [0.25, 0.3) is 0 Å². The first-order valence-electron chi connectivity index (χ1n) is 6.20. The molecule has 6 heteroatoms. The summed E-state index contributed by atoms with van der Waals surface area (Å²) in [6.45, 7) is 2.26. The Labute approximate surface area is 112 Å². The number of hydrogen-bond acceptors (Lipinski definition) is 3. The Kier molecular flexibility index (Phi) is 5.81. The van der Waals surface area contributed by atoms with Crippen molar-refractivity contribution in [3.8, 4) is 0 Å². The van der Waals surface area contributed by atoms with Crippen LogP contribution in [0.2, 0.25) is 0 Å². The third kappa shape index (κ3) is 4.59. The zero-order valence-corrected chi connectivity index (χ0v) is 11.2. The van der Waals surface area contributed by atoms with E-state index in [1.54, 1.807) is 31.3 Å². The van der Waals surface area contributed by atoms with Crippen LogP contribution in [0.4, 0.5) is 16.2 Å². The van der Waals surface area contributed by atoms with Crippen molar-refractivity contribution >= 4 is 23.3 Å². The quantitative estimate of drug-likeness (QED) is 0.646. The van der Waals surface area contributed by atoms with Crippen LogP contribution < -0.4 is 21.7 Å². The van der Waals surface area contributed by atoms with E-state index >= 15 is 0 Å². The Hall–Kier alpha value is -2.08. The number of amides is 3. The molecule has 19 heavy (non-hydrogen) atoms. The normalized spacial score (nSPS) is 11.5. The summed E-state index contributed by atoms with van der Waals surface area (Å²) in [4.78, 5) is 22.9. The summed E-state index contributed by atoms with van der Waals surface area (Å²) in [6, 6.07) is 6.60. The molecule has 1 rings (SSSR count). The van der Waals surface area contributed by atoms with E-state index in [2.05, 4.69) is 16.0 Å². The van der Waals surface area contributed by atoms with E-state index in [1.165, 1.54) is 0 Å². The number of benzene rings is 1. The van der Waals surface area contributed by atoms with Crippen LogP contribution in [0.5, 0.6) is 0 Å². The van der Waals surface area contributed by atoms with Crippen molar-refractivity contribution in [1.29, 1.82) is 0 Å². The van der Waals surface area contributed by atoms with E-state index in [4.69, 9.17) is 5.73 Å². The maximum absolute atomic E-state index is 11.8. The number of carbonyl (C=O) groups excluding carboxylic acids is 2. The van der Waals surface area contributed by atoms with Gasteiger partial charge in [-0.15, -0.1) is 0 Å². The molecule has 0 aliphatic carbocycles. The maximum atomic E-state index is 11.8. The second-order valence-corrected chi connectivity index (χ2v) is 4.11. The van der Waals surface area contributed by atoms with E-state index in [0.29, 0.717) is 24.3 Å². The maximum Gasteiger partial charge on any atom is 0.318 e. The van der Waals surface area contributed by atoms with Gasteiger partial charge in [0.15, 0.2) is 0 Å². The van der Waals surface area contributed by atoms with Gasteiger partial charge in [0.05, 0.1) is 5.92 Å². The van der Waals surface area contributed by atoms with Crippen LogP contribution in [0.15, 0.2) is 24.3 Å². The molecule has 6 nitrogen and oxygen atoms in total. The van der Waals surface area contributed by atoms with Gasteiger partial charge >= 0.3 is 6.03 Å². The SMILES string of the molecule is CCC(CN)C(=O)Nc1ccc(NC(=O)NC)cc1. The largest absolute Gasteiger partial charge is 0.341 e. The Bertz CT molecular complexity index is 427. The molecule has 0 fully saturated rings. The van der Waals surface area contributed by atoms with Crippen molar-refractivity contribution in [3.05, 3.63) is 24.3 Å². The number of anilines is 2. The number of rotatable bonds is 5. The van der Waals surface area contributed by atoms with Crippen molar-refractivity contribution in [1.82, 2.24) is 5.32 Å². The highest BCUT2D eigenvalue weighted by Crippen LogP contribution is 2.14. The molecule has 5 N–H and O–H groups in total. The summed E-state index contributed by atoms with van der Waals surface area (Å²) in [5, 5.41) is 7.88. The fourth-order valence-electron chi connectivity index (χ4n) is 1.53. The van der Waals surface area contributed by atoms with Crippen LogP contribution in [0, 0.1) is 5.92 Å². The number of nitrogens with one attached hydrogen (secondary N) is 3. The number of carbonyl (C=O) groups is 2. The van der Waals surface area contributed by atoms with Crippen LogP contribution in [0.3, 0.4) is 0 Å². The zero-order valence-electron chi connectivity index (χ0n) is 11.2. The first-order chi connectivity index (χ1) is 9.10. The highest BCUT2D eigenvalue weighted by atomic mass is 16.2. The molecule has 0 saturated carbocycles. The van der Waals surface area contributed by atoms with Gasteiger partial charge in [0, 0.05) is 25.0 Å². The van der Waals surface area contributed by atoms with Crippen molar-refractivity contribution < 1.29 is 9.59 Å². The lowest BCUT2D eigenvalue weighted by Gasteiger charge is -2.13. The lowest BCUT2D eigenvalue weighted by molar-refractivity contribution is -0.119. The Morgan fingerprint density at radius 1 is 1.16 bits per heavy atom. The van der Waals surface area contributed by atoms with Crippen molar-refractivity contribution in [2.75, 3.05) is 24.2 Å². The molecule has 1 atom stereocenters. The standard InChI is InChI=1S/C13H20N4O2/c1-3-9(8-14)12(18)16-10-4-6-11(7-5-10)17-13(19)15-2/h4-7,9H,3,8,14H2,1-2H3,(H,16,18)(H2,15,17,19). The van der Waals surface area contributed by atoms with Gasteiger partial charge in [-0.1, -0.05) is 6.92 Å². The average Bonchev–Trinajstić information content (AvgIpc) is 2.42. The minimum absolute atomic E-state index is 0.0861. The Morgan fingerprint density at radius 3 is 2.11 bits per heavy atom. The van der Waals surface area contributed by atoms with Crippen LogP contribution >= 0.6 is 0 Å². The molecule has 0 aliphatic rings. The van der Waals surface area contributed by atoms with Crippen LogP contribution in [-0.4, -0.2) is 25.5 Å². The molecule has 0 aromatic heterocycles. The smallest absolute Gasteiger partial charge is 0.318 e. The number of urea groups is 1. The van der Waals surface area contributed by atoms with Gasteiger partial charge in [-0.05, 0) is 30.7 Å². The average molecular weight is 264 g/mol. The van der Waals surface area contributed by atoms with Crippen LogP contribution in [-0.2, 0) is 4.79 Å². The number of nitrogens with two attached hydrogens (primary N) is 1. The molecular formula is C13H20N4O2. The van der Waals surface area contributed by atoms with Gasteiger partial charge in [0.1, 0.15) is 0 Å². The molecule has 1 unspecified atom stereocenters. The summed E-state index contributed by atoms with van der Waals surface area (Å²) in [5.41, 5.74) is 6.85. The fourth-order valence-corrected chi connectivity index (χ4v) is 1.53. The highest BCUT2D eigenvalue weighted by molar-refractivity contribution is 5.93. The second kappa shape index (κ2) is 7.38. The second-order valence-electron chi connectivity index (χ2n) is 4.11. The van der Waals surface area contributed by atoms with E-state index in [0.717, 1.165) is 0 Å². The monoisotopic (exact) mass is 264 g/mol. The molecule has 1 aromatic carbocycles. The van der Waals surface area contributed by atoms with Crippen molar-refractivity contribution in [2.45, 2.75) is 13.3 Å². The third-order valence-electron chi connectivity index (χ3n) is 2.79. The van der Waals surface area contributed by atoms with E-state index < -0.39 is 0 Å². The molecule has 0 bridgehead atoms. The molecule has 0 saturated heterocycles. The first kappa shape index (κ1) is 15.0. The van der Waals surface area contributed by atoms with Gasteiger partial charge in [-0.3, -0.25) is 4.79 Å². The molecular weight excluding hydrogens is 244 g/mol. The minimum atomic E-state index is -0.286. The summed E-state index contributed by atoms with van der Waals surface area (Å²) < 4.78 is 0. The summed E-state index contributed by atoms with van der Waals surface area (Å²) in [7, 11) is 1.54. The van der Waals surface area contributed by atoms with E-state index in [1.807, 2.05) is 6.92 Å². The molecule has 104 valence electrons. The van der Waals surface area contributed by atoms with Gasteiger partial charge in [0.2, 0.25) is 5.91 Å². The predicted octanol–water partition coefficient (Wildman–Crippen LogP) is 1.36. The lowest BCUT2D eigenvalue weighted by Crippen LogP contribution is -2.28. The van der Waals surface area contributed by atoms with Gasteiger partial charge in [-0.2, -0.15) is 0 Å². The van der Waals surface area contributed by atoms with E-state index in [9.17, 15) is 9.59 Å². The first-order valence-corrected chi connectivity index (χ1v) is 6.20. The molecule has 3 amide bonds. The third-order valence-corrected chi connectivity index (χ3v) is 2.79. The molecule has 0 spiro atoms. The van der Waals surface area contributed by atoms with Crippen LogP contribution in [0.1, 0.15) is 13.3 Å². The van der Waals surface area contributed by atoms with Gasteiger partial charge in [-0.25, -0.2) is 4.79 Å². The topological polar surface area (TPSA) is 96.2 Å². The Balaban J connectivity index is 2.61. The van der Waals surface area contributed by atoms with Gasteiger partial charge < -0.3 is 21.7 Å². The molecule has 0 radical (unpaired) electrons. The zero-order chi connectivity index (χ0) is 14.3. The molecule has 1 aromatic rings. The molecule has 0 heterocycles. The predicted molar refractivity (Wildman–Crippen MR) is 76.0 cm³/mol. The highest BCUT2D eigenvalue weighted by Gasteiger charge is 2.14. The Morgan fingerprint density at radius 2 is 1.68 bits per heavy atom. The number of hydrogen-bond donors (Lipinski definition) is 4. The fraction of sp³-hybridized carbons (Fsp3) is 0.385. The molecule has 0 aliphatic heterocycles. The van der Waals surface area contributed by atoms with E-state index in [-0.39, 0.29) is 17.9 Å². The minimum Gasteiger partial charge on any atom is -0.341 e. The summed E-state index contributed by atoms with van der Waals surface area (Å²) in [6.07, 6.45) is 0.707. The lowest BCUT2D eigenvalue weighted by atomic mass is 10.1.